The summed E-state index contributed by atoms with van der Waals surface area (Å²) in [5.41, 5.74) is 1.58. The molecule has 0 bridgehead atoms. The third-order valence-corrected chi connectivity index (χ3v) is 3.48. The van der Waals surface area contributed by atoms with Gasteiger partial charge >= 0.3 is 0 Å². The minimum Gasteiger partial charge on any atom is -0.494 e. The normalized spacial score (nSPS) is 11.3. The lowest BCUT2D eigenvalue weighted by Crippen LogP contribution is -1.97. The third kappa shape index (κ3) is 3.33. The van der Waals surface area contributed by atoms with Crippen LogP contribution in [0.1, 0.15) is 6.92 Å². The maximum atomic E-state index is 11.1. The molecule has 0 spiro atoms. The predicted octanol–water partition coefficient (Wildman–Crippen LogP) is 3.00. The van der Waals surface area contributed by atoms with E-state index in [4.69, 9.17) is 9.29 Å². The second-order valence-corrected chi connectivity index (χ2v) is 5.38. The second-order valence-electron chi connectivity index (χ2n) is 3.96. The van der Waals surface area contributed by atoms with E-state index in [1.165, 1.54) is 12.1 Å². The van der Waals surface area contributed by atoms with Crippen LogP contribution in [0.3, 0.4) is 0 Å². The van der Waals surface area contributed by atoms with E-state index in [1.807, 2.05) is 31.2 Å². The van der Waals surface area contributed by atoms with Gasteiger partial charge in [0, 0.05) is 0 Å². The van der Waals surface area contributed by atoms with Gasteiger partial charge in [0.15, 0.2) is 0 Å². The summed E-state index contributed by atoms with van der Waals surface area (Å²) in [6.07, 6.45) is 0. The summed E-state index contributed by atoms with van der Waals surface area (Å²) in [5, 5.41) is 0. The summed E-state index contributed by atoms with van der Waals surface area (Å²) in [7, 11) is -4.17. The molecule has 0 aliphatic rings. The topological polar surface area (TPSA) is 63.6 Å². The lowest BCUT2D eigenvalue weighted by atomic mass is 10.1. The Bertz CT molecular complexity index is 660. The van der Waals surface area contributed by atoms with Crippen LogP contribution in [-0.2, 0) is 10.1 Å². The number of hydrogen-bond donors (Lipinski definition) is 1. The van der Waals surface area contributed by atoms with Gasteiger partial charge in [-0.25, -0.2) is 0 Å². The van der Waals surface area contributed by atoms with Gasteiger partial charge in [0.25, 0.3) is 10.1 Å². The Morgan fingerprint density at radius 1 is 1.05 bits per heavy atom. The predicted molar refractivity (Wildman–Crippen MR) is 72.9 cm³/mol. The molecule has 0 aromatic heterocycles. The molecule has 0 unspecified atom stereocenters. The number of rotatable bonds is 4. The van der Waals surface area contributed by atoms with Gasteiger partial charge in [0.05, 0.1) is 11.5 Å². The standard InChI is InChI=1S/C14H14O4S/c1-2-18-13-8-6-11(7-9-13)12-4-3-5-14(10-12)19(15,16)17/h3-10H,2H2,1H3,(H,15,16,17). The van der Waals surface area contributed by atoms with Gasteiger partial charge in [-0.3, -0.25) is 4.55 Å². The average molecular weight is 278 g/mol. The Labute approximate surface area is 112 Å². The lowest BCUT2D eigenvalue weighted by molar-refractivity contribution is 0.340. The molecule has 0 aliphatic carbocycles. The first-order chi connectivity index (χ1) is 9.00. The van der Waals surface area contributed by atoms with E-state index in [9.17, 15) is 8.42 Å². The Morgan fingerprint density at radius 3 is 2.32 bits per heavy atom. The van der Waals surface area contributed by atoms with Crippen LogP contribution in [0.15, 0.2) is 53.4 Å². The van der Waals surface area contributed by atoms with Crippen molar-refractivity contribution in [3.05, 3.63) is 48.5 Å². The maximum absolute atomic E-state index is 11.1. The largest absolute Gasteiger partial charge is 0.494 e. The Morgan fingerprint density at radius 2 is 1.74 bits per heavy atom. The minimum atomic E-state index is -4.17. The zero-order chi connectivity index (χ0) is 13.9. The quantitative estimate of drug-likeness (QED) is 0.873. The molecule has 4 nitrogen and oxygen atoms in total. The van der Waals surface area contributed by atoms with Gasteiger partial charge in [-0.1, -0.05) is 24.3 Å². The molecule has 2 rings (SSSR count). The number of ether oxygens (including phenoxy) is 1. The number of hydrogen-bond acceptors (Lipinski definition) is 3. The van der Waals surface area contributed by atoms with Crippen molar-refractivity contribution < 1.29 is 17.7 Å². The summed E-state index contributed by atoms with van der Waals surface area (Å²) >= 11 is 0. The number of benzene rings is 2. The molecule has 0 radical (unpaired) electrons. The van der Waals surface area contributed by atoms with E-state index in [0.29, 0.717) is 6.61 Å². The molecule has 5 heteroatoms. The van der Waals surface area contributed by atoms with Crippen LogP contribution in [0.5, 0.6) is 5.75 Å². The highest BCUT2D eigenvalue weighted by Gasteiger charge is 2.10. The van der Waals surface area contributed by atoms with Gasteiger partial charge in [-0.15, -0.1) is 0 Å². The average Bonchev–Trinajstić information content (AvgIpc) is 2.39. The first-order valence-corrected chi connectivity index (χ1v) is 7.25. The molecule has 0 amide bonds. The Balaban J connectivity index is 2.36. The van der Waals surface area contributed by atoms with Crippen molar-refractivity contribution in [3.8, 4) is 16.9 Å². The van der Waals surface area contributed by atoms with Gasteiger partial charge < -0.3 is 4.74 Å². The molecule has 100 valence electrons. The van der Waals surface area contributed by atoms with E-state index < -0.39 is 10.1 Å². The van der Waals surface area contributed by atoms with E-state index in [-0.39, 0.29) is 4.90 Å². The minimum absolute atomic E-state index is 0.112. The van der Waals surface area contributed by atoms with Crippen molar-refractivity contribution >= 4 is 10.1 Å². The van der Waals surface area contributed by atoms with E-state index in [2.05, 4.69) is 0 Å². The highest BCUT2D eigenvalue weighted by atomic mass is 32.2. The van der Waals surface area contributed by atoms with Crippen molar-refractivity contribution in [1.29, 1.82) is 0 Å². The van der Waals surface area contributed by atoms with Gasteiger partial charge in [0.2, 0.25) is 0 Å². The van der Waals surface area contributed by atoms with Crippen molar-refractivity contribution in [2.24, 2.45) is 0 Å². The molecule has 0 atom stereocenters. The summed E-state index contributed by atoms with van der Waals surface area (Å²) in [5.74, 6) is 0.761. The van der Waals surface area contributed by atoms with Crippen LogP contribution in [0, 0.1) is 0 Å². The van der Waals surface area contributed by atoms with Crippen molar-refractivity contribution in [2.45, 2.75) is 11.8 Å². The zero-order valence-electron chi connectivity index (χ0n) is 10.4. The van der Waals surface area contributed by atoms with Gasteiger partial charge in [-0.05, 0) is 42.3 Å². The summed E-state index contributed by atoms with van der Waals surface area (Å²) in [4.78, 5) is -0.112. The third-order valence-electron chi connectivity index (χ3n) is 2.63. The van der Waals surface area contributed by atoms with Crippen LogP contribution < -0.4 is 4.74 Å². The Kier molecular flexibility index (Phi) is 3.87. The van der Waals surface area contributed by atoms with Crippen LogP contribution in [0.2, 0.25) is 0 Å². The molecular weight excluding hydrogens is 264 g/mol. The van der Waals surface area contributed by atoms with Gasteiger partial charge in [-0.2, -0.15) is 8.42 Å². The first-order valence-electron chi connectivity index (χ1n) is 5.81. The maximum Gasteiger partial charge on any atom is 0.294 e. The van der Waals surface area contributed by atoms with Crippen LogP contribution in [0.25, 0.3) is 11.1 Å². The monoisotopic (exact) mass is 278 g/mol. The molecule has 0 fully saturated rings. The molecule has 0 aliphatic heterocycles. The van der Waals surface area contributed by atoms with Crippen LogP contribution in [0.4, 0.5) is 0 Å². The van der Waals surface area contributed by atoms with E-state index >= 15 is 0 Å². The van der Waals surface area contributed by atoms with Crippen molar-refractivity contribution in [1.82, 2.24) is 0 Å². The summed E-state index contributed by atoms with van der Waals surface area (Å²) in [6, 6.07) is 13.5. The fraction of sp³-hybridized carbons (Fsp3) is 0.143. The summed E-state index contributed by atoms with van der Waals surface area (Å²) < 4.78 is 36.5. The smallest absolute Gasteiger partial charge is 0.294 e. The van der Waals surface area contributed by atoms with Crippen molar-refractivity contribution in [2.75, 3.05) is 6.61 Å². The van der Waals surface area contributed by atoms with Crippen molar-refractivity contribution in [3.63, 3.8) is 0 Å². The molecule has 0 saturated carbocycles. The van der Waals surface area contributed by atoms with Crippen LogP contribution >= 0.6 is 0 Å². The molecule has 1 N–H and O–H groups in total. The second kappa shape index (κ2) is 5.42. The molecule has 2 aromatic rings. The molecule has 19 heavy (non-hydrogen) atoms. The zero-order valence-corrected chi connectivity index (χ0v) is 11.2. The lowest BCUT2D eigenvalue weighted by Gasteiger charge is -2.06. The molecule has 0 saturated heterocycles. The highest BCUT2D eigenvalue weighted by Crippen LogP contribution is 2.24. The first kappa shape index (κ1) is 13.6. The van der Waals surface area contributed by atoms with Crippen LogP contribution in [-0.4, -0.2) is 19.6 Å². The van der Waals surface area contributed by atoms with Gasteiger partial charge in [0.1, 0.15) is 5.75 Å². The fourth-order valence-electron chi connectivity index (χ4n) is 1.75. The SMILES string of the molecule is CCOc1ccc(-c2cccc(S(=O)(=O)O)c2)cc1. The fourth-order valence-corrected chi connectivity index (χ4v) is 2.27. The van der Waals surface area contributed by atoms with E-state index in [0.717, 1.165) is 16.9 Å². The van der Waals surface area contributed by atoms with E-state index in [1.54, 1.807) is 12.1 Å². The molecule has 2 aromatic carbocycles. The Hall–Kier alpha value is -1.85. The summed E-state index contributed by atoms with van der Waals surface area (Å²) in [6.45, 7) is 2.50. The highest BCUT2D eigenvalue weighted by molar-refractivity contribution is 7.85. The molecule has 0 heterocycles. The molecular formula is C14H14O4S.